The van der Waals surface area contributed by atoms with E-state index in [1.165, 1.54) is 18.4 Å². The average Bonchev–Trinajstić information content (AvgIpc) is 3.11. The first-order valence-corrected chi connectivity index (χ1v) is 8.89. The molecule has 0 radical (unpaired) electrons. The molecule has 26 heavy (non-hydrogen) atoms. The lowest BCUT2D eigenvalue weighted by molar-refractivity contribution is 0.0600. The highest BCUT2D eigenvalue weighted by Crippen LogP contribution is 2.26. The van der Waals surface area contributed by atoms with Gasteiger partial charge in [0.15, 0.2) is 5.13 Å². The lowest BCUT2D eigenvalue weighted by Crippen LogP contribution is -2.13. The summed E-state index contributed by atoms with van der Waals surface area (Å²) in [6, 6.07) is 12.8. The van der Waals surface area contributed by atoms with Crippen LogP contribution in [0, 0.1) is 13.8 Å². The molecule has 0 unspecified atom stereocenters. The van der Waals surface area contributed by atoms with Gasteiger partial charge < -0.3 is 4.74 Å². The maximum absolute atomic E-state index is 12.5. The molecule has 1 amide bonds. The van der Waals surface area contributed by atoms with Crippen molar-refractivity contribution in [3.63, 3.8) is 0 Å². The number of hydrogen-bond donors (Lipinski definition) is 1. The van der Waals surface area contributed by atoms with E-state index in [1.54, 1.807) is 24.3 Å². The number of esters is 1. The van der Waals surface area contributed by atoms with Crippen LogP contribution in [0.1, 0.15) is 31.8 Å². The van der Waals surface area contributed by atoms with E-state index < -0.39 is 0 Å². The number of anilines is 1. The van der Waals surface area contributed by atoms with Gasteiger partial charge in [0.25, 0.3) is 5.91 Å². The van der Waals surface area contributed by atoms with Crippen LogP contribution in [0.2, 0.25) is 0 Å². The lowest BCUT2D eigenvalue weighted by atomic mass is 10.1. The van der Waals surface area contributed by atoms with E-state index in [-0.39, 0.29) is 11.9 Å². The summed E-state index contributed by atoms with van der Waals surface area (Å²) in [4.78, 5) is 28.4. The molecule has 0 saturated carbocycles. The van der Waals surface area contributed by atoms with Crippen LogP contribution in [-0.4, -0.2) is 24.0 Å². The first kappa shape index (κ1) is 17.8. The van der Waals surface area contributed by atoms with Crippen LogP contribution in [0.25, 0.3) is 11.3 Å². The number of carbonyl (C=O) groups excluding carboxylic acids is 2. The van der Waals surface area contributed by atoms with Gasteiger partial charge in [0.2, 0.25) is 0 Å². The van der Waals surface area contributed by atoms with Gasteiger partial charge in [-0.15, -0.1) is 11.3 Å². The number of thiazole rings is 1. The molecule has 132 valence electrons. The van der Waals surface area contributed by atoms with Gasteiger partial charge in [-0.05, 0) is 37.6 Å². The minimum atomic E-state index is -0.378. The minimum Gasteiger partial charge on any atom is -0.465 e. The summed E-state index contributed by atoms with van der Waals surface area (Å²) in [6.07, 6.45) is 0. The highest BCUT2D eigenvalue weighted by molar-refractivity contribution is 7.14. The zero-order chi connectivity index (χ0) is 18.7. The van der Waals surface area contributed by atoms with Crippen molar-refractivity contribution in [2.75, 3.05) is 12.4 Å². The molecule has 0 aliphatic carbocycles. The molecule has 1 aromatic heterocycles. The Balaban J connectivity index is 1.76. The van der Waals surface area contributed by atoms with E-state index in [9.17, 15) is 9.59 Å². The van der Waals surface area contributed by atoms with Crippen LogP contribution in [0.3, 0.4) is 0 Å². The molecule has 3 aromatic rings. The van der Waals surface area contributed by atoms with Crippen molar-refractivity contribution in [2.45, 2.75) is 13.8 Å². The second-order valence-corrected chi connectivity index (χ2v) is 6.74. The molecule has 0 aliphatic rings. The summed E-state index contributed by atoms with van der Waals surface area (Å²) in [5.74, 6) is -0.551. The zero-order valence-corrected chi connectivity index (χ0v) is 15.5. The number of amides is 1. The van der Waals surface area contributed by atoms with Gasteiger partial charge in [0.1, 0.15) is 0 Å². The predicted molar refractivity (Wildman–Crippen MR) is 103 cm³/mol. The van der Waals surface area contributed by atoms with E-state index in [0.717, 1.165) is 22.4 Å². The normalized spacial score (nSPS) is 10.4. The Kier molecular flexibility index (Phi) is 5.14. The molecule has 1 N–H and O–H groups in total. The van der Waals surface area contributed by atoms with Crippen molar-refractivity contribution in [1.29, 1.82) is 0 Å². The molecular formula is C20H18N2O3S. The standard InChI is InChI=1S/C20H18N2O3S/c1-12-4-5-13(2)16(10-12)18(23)22-20-21-17(11-26-20)14-6-8-15(9-7-14)19(24)25-3/h4-11H,1-3H3,(H,21,22,23). The van der Waals surface area contributed by atoms with Crippen LogP contribution in [0.4, 0.5) is 5.13 Å². The van der Waals surface area contributed by atoms with Gasteiger partial charge >= 0.3 is 5.97 Å². The Hall–Kier alpha value is -2.99. The van der Waals surface area contributed by atoms with Gasteiger partial charge in [-0.1, -0.05) is 29.8 Å². The van der Waals surface area contributed by atoms with Crippen LogP contribution < -0.4 is 5.32 Å². The molecule has 2 aromatic carbocycles. The maximum Gasteiger partial charge on any atom is 0.337 e. The number of nitrogens with zero attached hydrogens (tertiary/aromatic N) is 1. The summed E-state index contributed by atoms with van der Waals surface area (Å²) in [5.41, 5.74) is 4.68. The van der Waals surface area contributed by atoms with Gasteiger partial charge in [-0.3, -0.25) is 10.1 Å². The van der Waals surface area contributed by atoms with Crippen molar-refractivity contribution in [3.05, 3.63) is 70.1 Å². The highest BCUT2D eigenvalue weighted by atomic mass is 32.1. The van der Waals surface area contributed by atoms with E-state index in [2.05, 4.69) is 15.0 Å². The number of hydrogen-bond acceptors (Lipinski definition) is 5. The monoisotopic (exact) mass is 366 g/mol. The average molecular weight is 366 g/mol. The van der Waals surface area contributed by atoms with Crippen LogP contribution >= 0.6 is 11.3 Å². The zero-order valence-electron chi connectivity index (χ0n) is 14.7. The van der Waals surface area contributed by atoms with Gasteiger partial charge in [0.05, 0.1) is 18.4 Å². The third-order valence-electron chi connectivity index (χ3n) is 3.96. The van der Waals surface area contributed by atoms with E-state index in [4.69, 9.17) is 0 Å². The van der Waals surface area contributed by atoms with Crippen molar-refractivity contribution in [1.82, 2.24) is 4.98 Å². The predicted octanol–water partition coefficient (Wildman–Crippen LogP) is 4.47. The molecule has 1 heterocycles. The Labute approximate surface area is 155 Å². The van der Waals surface area contributed by atoms with Crippen LogP contribution in [0.5, 0.6) is 0 Å². The molecule has 0 aliphatic heterocycles. The van der Waals surface area contributed by atoms with Gasteiger partial charge in [-0.25, -0.2) is 9.78 Å². The van der Waals surface area contributed by atoms with E-state index in [0.29, 0.717) is 16.3 Å². The summed E-state index contributed by atoms with van der Waals surface area (Å²) in [6.45, 7) is 3.86. The number of rotatable bonds is 4. The second-order valence-electron chi connectivity index (χ2n) is 5.88. The van der Waals surface area contributed by atoms with Crippen molar-refractivity contribution < 1.29 is 14.3 Å². The molecule has 0 saturated heterocycles. The fourth-order valence-electron chi connectivity index (χ4n) is 2.50. The Morgan fingerprint density at radius 3 is 2.50 bits per heavy atom. The molecular weight excluding hydrogens is 348 g/mol. The fourth-order valence-corrected chi connectivity index (χ4v) is 3.22. The number of ether oxygens (including phenoxy) is 1. The molecule has 0 bridgehead atoms. The molecule has 0 atom stereocenters. The van der Waals surface area contributed by atoms with Gasteiger partial charge in [0, 0.05) is 16.5 Å². The second kappa shape index (κ2) is 7.49. The highest BCUT2D eigenvalue weighted by Gasteiger charge is 2.13. The first-order valence-electron chi connectivity index (χ1n) is 8.01. The summed E-state index contributed by atoms with van der Waals surface area (Å²) in [7, 11) is 1.35. The minimum absolute atomic E-state index is 0.173. The Bertz CT molecular complexity index is 961. The molecule has 5 nitrogen and oxygen atoms in total. The summed E-state index contributed by atoms with van der Waals surface area (Å²) >= 11 is 1.36. The topological polar surface area (TPSA) is 68.3 Å². The largest absolute Gasteiger partial charge is 0.465 e. The van der Waals surface area contributed by atoms with Crippen LogP contribution in [0.15, 0.2) is 47.8 Å². The Morgan fingerprint density at radius 2 is 1.81 bits per heavy atom. The molecule has 0 fully saturated rings. The van der Waals surface area contributed by atoms with E-state index >= 15 is 0 Å². The smallest absolute Gasteiger partial charge is 0.337 e. The van der Waals surface area contributed by atoms with Crippen molar-refractivity contribution in [3.8, 4) is 11.3 Å². The van der Waals surface area contributed by atoms with Gasteiger partial charge in [-0.2, -0.15) is 0 Å². The number of benzene rings is 2. The number of aryl methyl sites for hydroxylation is 2. The SMILES string of the molecule is COC(=O)c1ccc(-c2csc(NC(=O)c3cc(C)ccc3C)n2)cc1. The van der Waals surface area contributed by atoms with E-state index in [1.807, 2.05) is 37.4 Å². The molecule has 3 rings (SSSR count). The fraction of sp³-hybridized carbons (Fsp3) is 0.150. The number of aromatic nitrogens is 1. The number of nitrogens with one attached hydrogen (secondary N) is 1. The van der Waals surface area contributed by atoms with Crippen molar-refractivity contribution in [2.24, 2.45) is 0 Å². The third-order valence-corrected chi connectivity index (χ3v) is 4.72. The van der Waals surface area contributed by atoms with Crippen molar-refractivity contribution >= 4 is 28.3 Å². The lowest BCUT2D eigenvalue weighted by Gasteiger charge is -2.06. The molecule has 0 spiro atoms. The number of carbonyl (C=O) groups is 2. The quantitative estimate of drug-likeness (QED) is 0.692. The summed E-state index contributed by atoms with van der Waals surface area (Å²) < 4.78 is 4.69. The first-order chi connectivity index (χ1) is 12.5. The third kappa shape index (κ3) is 3.81. The molecule has 6 heteroatoms. The maximum atomic E-state index is 12.5. The summed E-state index contributed by atoms with van der Waals surface area (Å²) in [5, 5.41) is 5.25. The number of methoxy groups -OCH3 is 1. The van der Waals surface area contributed by atoms with Crippen LogP contribution in [-0.2, 0) is 4.74 Å². The Morgan fingerprint density at radius 1 is 1.08 bits per heavy atom.